The third-order valence-electron chi connectivity index (χ3n) is 16.8. The van der Waals surface area contributed by atoms with Gasteiger partial charge in [-0.1, -0.05) is 86.0 Å². The third kappa shape index (κ3) is 17.5. The van der Waals surface area contributed by atoms with Gasteiger partial charge in [0.2, 0.25) is 43.7 Å². The molecule has 20 nitrogen and oxygen atoms in total. The lowest BCUT2D eigenvalue weighted by molar-refractivity contribution is -0.139. The zero-order chi connectivity index (χ0) is 59.1. The number of hydrogen-bond donors (Lipinski definition) is 6. The summed E-state index contributed by atoms with van der Waals surface area (Å²) in [5.41, 5.74) is 3.17. The van der Waals surface area contributed by atoms with Crippen LogP contribution < -0.4 is 31.9 Å². The van der Waals surface area contributed by atoms with E-state index < -0.39 is 80.2 Å². The molecule has 6 amide bonds. The minimum absolute atomic E-state index is 0.0190. The molecule has 22 heteroatoms. The minimum atomic E-state index is -3.77. The molecule has 0 aromatic heterocycles. The molecular weight excluding hydrogens is 1080 g/mol. The van der Waals surface area contributed by atoms with E-state index >= 15 is 0 Å². The number of nitrogens with one attached hydrogen (secondary N) is 6. The molecule has 3 aromatic rings. The molecule has 2 heterocycles. The summed E-state index contributed by atoms with van der Waals surface area (Å²) in [4.78, 5) is 88.1. The van der Waals surface area contributed by atoms with Gasteiger partial charge in [0.15, 0.2) is 0 Å². The summed E-state index contributed by atoms with van der Waals surface area (Å²) in [6.07, 6.45) is 13.2. The van der Waals surface area contributed by atoms with Crippen molar-refractivity contribution in [3.05, 3.63) is 119 Å². The monoisotopic (exact) mass is 1170 g/mol. The Kier molecular flexibility index (Phi) is 22.8. The molecule has 3 aromatic carbocycles. The van der Waals surface area contributed by atoms with Gasteiger partial charge in [0.1, 0.15) is 12.1 Å². The number of likely N-dealkylation sites (tertiary alicyclic amines) is 2. The van der Waals surface area contributed by atoms with E-state index in [0.717, 1.165) is 80.6 Å². The number of likely N-dealkylation sites (N-methyl/N-ethyl adjacent to an activating group) is 2. The Morgan fingerprint density at radius 1 is 0.585 bits per heavy atom. The second-order valence-corrected chi connectivity index (χ2v) is 26.7. The van der Waals surface area contributed by atoms with Crippen LogP contribution in [0.1, 0.15) is 116 Å². The molecule has 2 saturated heterocycles. The molecule has 82 heavy (non-hydrogen) atoms. The summed E-state index contributed by atoms with van der Waals surface area (Å²) in [7, 11) is -4.19. The molecule has 0 bridgehead atoms. The van der Waals surface area contributed by atoms with Crippen LogP contribution in [0.25, 0.3) is 0 Å². The minimum Gasteiger partial charge on any atom is -0.347 e. The standard InChI is InChI=1S/C60H86N10O10S2/c1-41(61-3)55(71)65-53(45-23-15-9-16-24-45)59(75)69-37-49(35-51(69)39-67(81(5,77)78)33-31-43-19-11-7-12-20-43)63-57(73)47-27-29-48(30-28-47)58(74)64-50-36-52(40-68(82(6,79)80)34-32-44-21-13-8-14-22-44)70(38-50)60(76)54(46-25-17-10-18-26-46)66-56(72)42(2)62-4/h7-8,11-14,19-23,27-30,41-42,46,49-54,61-62H,9-10,15-18,24-26,31-40H2,1-6H3,(H,63,73)(H,64,74)(H,65,71)(H,66,72)/t41-,42-,49-,50-,51-,52-,53-,54-/m0/s1. The number of hydrogen-bond acceptors (Lipinski definition) is 12. The van der Waals surface area contributed by atoms with Gasteiger partial charge in [0.05, 0.1) is 24.6 Å². The van der Waals surface area contributed by atoms with Crippen LogP contribution in [-0.2, 0) is 52.1 Å². The fraction of sp³-hybridized carbons (Fsp3) is 0.567. The van der Waals surface area contributed by atoms with Crippen LogP contribution in [0, 0.1) is 5.92 Å². The maximum Gasteiger partial charge on any atom is 0.251 e. The maximum atomic E-state index is 14.9. The van der Waals surface area contributed by atoms with E-state index in [-0.39, 0.29) is 92.8 Å². The molecule has 2 aliphatic carbocycles. The van der Waals surface area contributed by atoms with Gasteiger partial charge < -0.3 is 41.7 Å². The van der Waals surface area contributed by atoms with Crippen LogP contribution in [0.4, 0.5) is 0 Å². The second kappa shape index (κ2) is 29.5. The first-order chi connectivity index (χ1) is 39.1. The largest absolute Gasteiger partial charge is 0.347 e. The first-order valence-electron chi connectivity index (χ1n) is 29.1. The lowest BCUT2D eigenvalue weighted by Gasteiger charge is -2.36. The number of carbonyl (C=O) groups is 6. The topological polar surface area (TPSA) is 256 Å². The van der Waals surface area contributed by atoms with E-state index in [4.69, 9.17) is 0 Å². The molecular formula is C60H86N10O10S2. The van der Waals surface area contributed by atoms with Crippen LogP contribution in [0.3, 0.4) is 0 Å². The van der Waals surface area contributed by atoms with Crippen LogP contribution >= 0.6 is 0 Å². The van der Waals surface area contributed by atoms with Crippen LogP contribution in [0.2, 0.25) is 0 Å². The molecule has 0 spiro atoms. The van der Waals surface area contributed by atoms with Crippen molar-refractivity contribution in [2.45, 2.75) is 146 Å². The van der Waals surface area contributed by atoms with Crippen molar-refractivity contribution in [2.75, 3.05) is 65.9 Å². The molecule has 8 atom stereocenters. The van der Waals surface area contributed by atoms with Crippen molar-refractivity contribution < 1.29 is 45.6 Å². The average molecular weight is 1170 g/mol. The highest BCUT2D eigenvalue weighted by Crippen LogP contribution is 2.31. The molecule has 2 aliphatic heterocycles. The SMILES string of the molecule is CN[C@@H](C)C(=O)N[C@H](C(=O)N1C[C@@H](NC(=O)c2ccc(C(=O)N[C@H]3C[C@@H](CN(CCc4ccccc4)S(C)(=O)=O)N(C(=O)[C@@H](NC(=O)[C@H](C)NC)C4CCCCC4)C3)cc2)C[C@H]1CN(CCc1ccccc1)S(C)(=O)=O)C1=CCCCC1. The number of rotatable bonds is 26. The Labute approximate surface area is 485 Å². The lowest BCUT2D eigenvalue weighted by atomic mass is 9.83. The van der Waals surface area contributed by atoms with Gasteiger partial charge in [-0.25, -0.2) is 16.8 Å². The number of benzene rings is 3. The Morgan fingerprint density at radius 2 is 1.04 bits per heavy atom. The highest BCUT2D eigenvalue weighted by molar-refractivity contribution is 7.88. The molecule has 448 valence electrons. The van der Waals surface area contributed by atoms with Crippen molar-refractivity contribution in [3.63, 3.8) is 0 Å². The summed E-state index contributed by atoms with van der Waals surface area (Å²) in [5, 5.41) is 18.0. The van der Waals surface area contributed by atoms with E-state index in [1.54, 1.807) is 37.7 Å². The molecule has 7 rings (SSSR count). The van der Waals surface area contributed by atoms with Crippen LogP contribution in [0.5, 0.6) is 0 Å². The van der Waals surface area contributed by atoms with Gasteiger partial charge in [-0.2, -0.15) is 8.61 Å². The van der Waals surface area contributed by atoms with Gasteiger partial charge in [-0.15, -0.1) is 0 Å². The highest BCUT2D eigenvalue weighted by atomic mass is 32.2. The van der Waals surface area contributed by atoms with Crippen molar-refractivity contribution >= 4 is 55.5 Å². The number of nitrogens with zero attached hydrogens (tertiary/aromatic N) is 4. The Bertz CT molecular complexity index is 2930. The highest BCUT2D eigenvalue weighted by Gasteiger charge is 2.45. The van der Waals surface area contributed by atoms with E-state index in [1.165, 1.54) is 32.9 Å². The zero-order valence-electron chi connectivity index (χ0n) is 48.5. The second-order valence-electron chi connectivity index (χ2n) is 22.8. The number of sulfonamides is 2. The molecule has 0 unspecified atom stereocenters. The van der Waals surface area contributed by atoms with E-state index in [1.807, 2.05) is 66.7 Å². The summed E-state index contributed by atoms with van der Waals surface area (Å²) < 4.78 is 56.3. The molecule has 4 aliphatic rings. The third-order valence-corrected chi connectivity index (χ3v) is 19.3. The normalized spacial score (nSPS) is 21.3. The predicted octanol–water partition coefficient (Wildman–Crippen LogP) is 3.36. The summed E-state index contributed by atoms with van der Waals surface area (Å²) >= 11 is 0. The maximum absolute atomic E-state index is 14.9. The van der Waals surface area contributed by atoms with Gasteiger partial charge >= 0.3 is 0 Å². The summed E-state index contributed by atoms with van der Waals surface area (Å²) in [6.45, 7) is 3.82. The first kappa shape index (κ1) is 63.5. The average Bonchev–Trinajstić information content (AvgIpc) is 4.22. The predicted molar refractivity (Wildman–Crippen MR) is 316 cm³/mol. The first-order valence-corrected chi connectivity index (χ1v) is 32.8. The Hall–Kier alpha value is -6.04. The summed E-state index contributed by atoms with van der Waals surface area (Å²) in [5.74, 6) is -2.45. The van der Waals surface area contributed by atoms with Crippen molar-refractivity contribution in [1.29, 1.82) is 0 Å². The fourth-order valence-corrected chi connectivity index (χ4v) is 13.5. The number of amides is 6. The van der Waals surface area contributed by atoms with Crippen molar-refractivity contribution in [3.8, 4) is 0 Å². The van der Waals surface area contributed by atoms with E-state index in [2.05, 4.69) is 31.9 Å². The summed E-state index contributed by atoms with van der Waals surface area (Å²) in [6, 6.07) is 19.6. The van der Waals surface area contributed by atoms with E-state index in [9.17, 15) is 45.6 Å². The lowest BCUT2D eigenvalue weighted by Crippen LogP contribution is -2.57. The Balaban J connectivity index is 1.08. The van der Waals surface area contributed by atoms with Gasteiger partial charge in [-0.3, -0.25) is 28.8 Å². The zero-order valence-corrected chi connectivity index (χ0v) is 50.1. The number of carbonyl (C=O) groups excluding carboxylic acids is 6. The van der Waals surface area contributed by atoms with E-state index in [0.29, 0.717) is 19.3 Å². The quantitative estimate of drug-likeness (QED) is 0.0634. The molecule has 6 N–H and O–H groups in total. The molecule has 0 radical (unpaired) electrons. The fourth-order valence-electron chi connectivity index (χ4n) is 11.7. The van der Waals surface area contributed by atoms with Crippen LogP contribution in [0.15, 0.2) is 96.6 Å². The molecule has 1 saturated carbocycles. The van der Waals surface area contributed by atoms with Gasteiger partial charge in [-0.05, 0) is 139 Å². The van der Waals surface area contributed by atoms with Gasteiger partial charge in [0.25, 0.3) is 11.8 Å². The molecule has 3 fully saturated rings. The number of allylic oxidation sites excluding steroid dienone is 1. The van der Waals surface area contributed by atoms with Gasteiger partial charge in [0, 0.05) is 74.6 Å². The smallest absolute Gasteiger partial charge is 0.251 e. The van der Waals surface area contributed by atoms with Crippen LogP contribution in [-0.4, -0.2) is 185 Å². The Morgan fingerprint density at radius 3 is 1.46 bits per heavy atom. The van der Waals surface area contributed by atoms with Crippen molar-refractivity contribution in [1.82, 2.24) is 50.3 Å². The van der Waals surface area contributed by atoms with Crippen molar-refractivity contribution in [2.24, 2.45) is 5.92 Å².